The van der Waals surface area contributed by atoms with Gasteiger partial charge in [-0.05, 0) is 110 Å². The van der Waals surface area contributed by atoms with Gasteiger partial charge in [-0.15, -0.1) is 0 Å². The van der Waals surface area contributed by atoms with Crippen LogP contribution in [-0.4, -0.2) is 11.6 Å². The highest BCUT2D eigenvalue weighted by Gasteiger charge is 2.61. The van der Waals surface area contributed by atoms with Gasteiger partial charge in [0.1, 0.15) is 0 Å². The molecule has 0 bridgehead atoms. The Morgan fingerprint density at radius 3 is 2.56 bits per heavy atom. The molecule has 0 aromatic rings. The maximum Gasteiger partial charge on any atom is 0.159 e. The van der Waals surface area contributed by atoms with Crippen molar-refractivity contribution in [2.24, 2.45) is 46.3 Å². The van der Waals surface area contributed by atoms with E-state index in [9.17, 15) is 9.59 Å². The summed E-state index contributed by atoms with van der Waals surface area (Å²) in [6.07, 6.45) is 17.2. The molecule has 5 aliphatic rings. The largest absolute Gasteiger partial charge is 0.295 e. The third-order valence-corrected chi connectivity index (χ3v) is 11.4. The summed E-state index contributed by atoms with van der Waals surface area (Å²) in [5.74, 6) is 4.59. The molecule has 4 saturated carbocycles. The Morgan fingerprint density at radius 1 is 1.06 bits per heavy atom. The van der Waals surface area contributed by atoms with Gasteiger partial charge in [-0.2, -0.15) is 0 Å². The third kappa shape index (κ3) is 3.50. The van der Waals surface area contributed by atoms with Crippen molar-refractivity contribution in [3.8, 4) is 0 Å². The predicted octanol–water partition coefficient (Wildman–Crippen LogP) is 7.48. The Balaban J connectivity index is 1.30. The highest BCUT2D eigenvalue weighted by molar-refractivity contribution is 6.05. The van der Waals surface area contributed by atoms with Crippen molar-refractivity contribution in [1.82, 2.24) is 0 Å². The Morgan fingerprint density at radius 2 is 1.81 bits per heavy atom. The lowest BCUT2D eigenvalue weighted by molar-refractivity contribution is -0.131. The summed E-state index contributed by atoms with van der Waals surface area (Å²) < 4.78 is 0. The van der Waals surface area contributed by atoms with Crippen molar-refractivity contribution in [1.29, 1.82) is 0 Å². The fourth-order valence-corrected chi connectivity index (χ4v) is 9.51. The van der Waals surface area contributed by atoms with E-state index in [1.807, 2.05) is 0 Å². The van der Waals surface area contributed by atoms with Crippen LogP contribution in [0.3, 0.4) is 0 Å². The number of rotatable bonds is 5. The number of fused-ring (bicyclic) bond motifs is 5. The second kappa shape index (κ2) is 8.24. The van der Waals surface area contributed by atoms with Crippen molar-refractivity contribution in [3.63, 3.8) is 0 Å². The summed E-state index contributed by atoms with van der Waals surface area (Å²) in [5, 5.41) is 0. The SMILES string of the molecule is C=C(CC[C@@H](C)[C@H]1CC[C@H]2[C@@H]3CC(=O)C4=CC(=O)CC[C@]4(C)[C@H]3CC[C@]12C)C1CCCC1. The first-order chi connectivity index (χ1) is 15.2. The molecule has 5 rings (SSSR count). The first-order valence-corrected chi connectivity index (χ1v) is 13.7. The van der Waals surface area contributed by atoms with Crippen LogP contribution < -0.4 is 0 Å². The van der Waals surface area contributed by atoms with Crippen LogP contribution in [0.25, 0.3) is 0 Å². The summed E-state index contributed by atoms with van der Waals surface area (Å²) in [4.78, 5) is 25.3. The van der Waals surface area contributed by atoms with Crippen LogP contribution in [0, 0.1) is 46.3 Å². The smallest absolute Gasteiger partial charge is 0.159 e. The number of allylic oxidation sites excluding steroid dienone is 2. The van der Waals surface area contributed by atoms with Gasteiger partial charge in [0.2, 0.25) is 0 Å². The van der Waals surface area contributed by atoms with Crippen molar-refractivity contribution in [3.05, 3.63) is 23.8 Å². The van der Waals surface area contributed by atoms with E-state index in [0.717, 1.165) is 29.7 Å². The van der Waals surface area contributed by atoms with Crippen molar-refractivity contribution < 1.29 is 9.59 Å². The number of carbonyl (C=O) groups excluding carboxylic acids is 2. The number of hydrogen-bond donors (Lipinski definition) is 0. The van der Waals surface area contributed by atoms with Gasteiger partial charge >= 0.3 is 0 Å². The second-order valence-electron chi connectivity index (χ2n) is 12.8. The van der Waals surface area contributed by atoms with Crippen LogP contribution in [0.5, 0.6) is 0 Å². The lowest BCUT2D eigenvalue weighted by Gasteiger charge is -2.57. The molecule has 0 aromatic carbocycles. The van der Waals surface area contributed by atoms with Crippen LogP contribution in [0.1, 0.15) is 104 Å². The summed E-state index contributed by atoms with van der Waals surface area (Å²) in [7, 11) is 0. The van der Waals surface area contributed by atoms with E-state index in [4.69, 9.17) is 0 Å². The quantitative estimate of drug-likeness (QED) is 0.419. The number of hydrogen-bond acceptors (Lipinski definition) is 2. The molecule has 0 aliphatic heterocycles. The first kappa shape index (κ1) is 22.6. The van der Waals surface area contributed by atoms with Crippen LogP contribution in [-0.2, 0) is 9.59 Å². The summed E-state index contributed by atoms with van der Waals surface area (Å²) in [6, 6.07) is 0. The second-order valence-corrected chi connectivity index (χ2v) is 12.8. The molecular formula is C30H44O2. The molecule has 32 heavy (non-hydrogen) atoms. The third-order valence-electron chi connectivity index (χ3n) is 11.4. The molecule has 0 N–H and O–H groups in total. The summed E-state index contributed by atoms with van der Waals surface area (Å²) in [6.45, 7) is 11.9. The monoisotopic (exact) mass is 436 g/mol. The minimum absolute atomic E-state index is 0.0576. The van der Waals surface area contributed by atoms with Crippen molar-refractivity contribution >= 4 is 11.6 Å². The number of carbonyl (C=O) groups is 2. The van der Waals surface area contributed by atoms with Crippen LogP contribution in [0.2, 0.25) is 0 Å². The van der Waals surface area contributed by atoms with Gasteiger partial charge in [0.15, 0.2) is 11.6 Å². The number of ketones is 2. The van der Waals surface area contributed by atoms with E-state index in [1.54, 1.807) is 6.08 Å². The van der Waals surface area contributed by atoms with Gasteiger partial charge in [-0.25, -0.2) is 0 Å². The average Bonchev–Trinajstić information content (AvgIpc) is 3.41. The van der Waals surface area contributed by atoms with Crippen LogP contribution in [0.4, 0.5) is 0 Å². The maximum absolute atomic E-state index is 13.2. The van der Waals surface area contributed by atoms with Gasteiger partial charge in [-0.1, -0.05) is 45.8 Å². The van der Waals surface area contributed by atoms with Gasteiger partial charge in [0.25, 0.3) is 0 Å². The Hall–Kier alpha value is -1.18. The van der Waals surface area contributed by atoms with E-state index in [-0.39, 0.29) is 17.0 Å². The first-order valence-electron chi connectivity index (χ1n) is 13.7. The Kier molecular flexibility index (Phi) is 5.82. The fraction of sp³-hybridized carbons (Fsp3) is 0.800. The highest BCUT2D eigenvalue weighted by atomic mass is 16.1. The van der Waals surface area contributed by atoms with E-state index in [2.05, 4.69) is 27.4 Å². The van der Waals surface area contributed by atoms with E-state index in [0.29, 0.717) is 36.0 Å². The van der Waals surface area contributed by atoms with Gasteiger partial charge in [0.05, 0.1) is 0 Å². The molecule has 4 fully saturated rings. The Labute approximate surface area is 195 Å². The molecule has 2 nitrogen and oxygen atoms in total. The molecule has 7 atom stereocenters. The van der Waals surface area contributed by atoms with Gasteiger partial charge < -0.3 is 0 Å². The van der Waals surface area contributed by atoms with E-state index < -0.39 is 0 Å². The molecule has 176 valence electrons. The number of Topliss-reactive ketones (excluding diaryl/α,β-unsaturated/α-hetero) is 1. The minimum atomic E-state index is -0.0576. The van der Waals surface area contributed by atoms with Crippen LogP contribution >= 0.6 is 0 Å². The minimum Gasteiger partial charge on any atom is -0.295 e. The molecule has 2 heteroatoms. The highest BCUT2D eigenvalue weighted by Crippen LogP contribution is 2.67. The molecular weight excluding hydrogens is 392 g/mol. The molecule has 0 radical (unpaired) electrons. The van der Waals surface area contributed by atoms with Crippen molar-refractivity contribution in [2.45, 2.75) is 104 Å². The lowest BCUT2D eigenvalue weighted by atomic mass is 9.46. The zero-order chi connectivity index (χ0) is 22.7. The maximum atomic E-state index is 13.2. The molecule has 0 spiro atoms. The fourth-order valence-electron chi connectivity index (χ4n) is 9.51. The van der Waals surface area contributed by atoms with Gasteiger partial charge in [-0.3, -0.25) is 9.59 Å². The molecule has 0 unspecified atom stereocenters. The summed E-state index contributed by atoms with van der Waals surface area (Å²) in [5.41, 5.74) is 2.73. The zero-order valence-electron chi connectivity index (χ0n) is 20.8. The molecule has 0 amide bonds. The van der Waals surface area contributed by atoms with Gasteiger partial charge in [0, 0.05) is 18.4 Å². The molecule has 0 aromatic heterocycles. The summed E-state index contributed by atoms with van der Waals surface area (Å²) >= 11 is 0. The van der Waals surface area contributed by atoms with E-state index in [1.165, 1.54) is 69.8 Å². The van der Waals surface area contributed by atoms with Crippen LogP contribution in [0.15, 0.2) is 23.8 Å². The molecule has 5 aliphatic carbocycles. The normalized spacial score (nSPS) is 42.8. The predicted molar refractivity (Wildman–Crippen MR) is 130 cm³/mol. The molecule has 0 saturated heterocycles. The lowest BCUT2D eigenvalue weighted by Crippen LogP contribution is -2.53. The Bertz CT molecular complexity index is 830. The zero-order valence-corrected chi connectivity index (χ0v) is 20.8. The average molecular weight is 437 g/mol. The topological polar surface area (TPSA) is 34.1 Å². The van der Waals surface area contributed by atoms with E-state index >= 15 is 0 Å². The standard InChI is InChI=1S/C30H44O2/c1-19(21-7-5-6-8-21)9-10-20(2)24-11-12-25-23-18-28(32)27-17-22(31)13-15-30(27,4)26(23)14-16-29(24,25)3/h17,20-21,23-26H,1,5-16,18H2,2-4H3/t20-,23+,24-,25+,26+,29-,30-/m1/s1. The van der Waals surface area contributed by atoms with Crippen molar-refractivity contribution in [2.75, 3.05) is 0 Å². The molecule has 0 heterocycles.